The van der Waals surface area contributed by atoms with Gasteiger partial charge in [0.05, 0.1) is 4.90 Å². The molecule has 0 unspecified atom stereocenters. The number of piperazine rings is 1. The Morgan fingerprint density at radius 3 is 2.29 bits per heavy atom. The number of hydrogen-bond acceptors (Lipinski definition) is 5. The molecule has 2 aromatic rings. The molecule has 1 amide bonds. The van der Waals surface area contributed by atoms with Crippen molar-refractivity contribution in [1.82, 2.24) is 19.1 Å². The molecule has 7 nitrogen and oxygen atoms in total. The standard InChI is InChI=1S/C23H30N4O3S/c1-19-5-6-21(17-22(19)31(29,30)27-11-3-2-4-12-27)23(28)26-15-13-25(14-16-26)18-20-7-9-24-10-8-20/h5-10,17H,2-4,11-16,18H2,1H3. The lowest BCUT2D eigenvalue weighted by molar-refractivity contribution is 0.0628. The highest BCUT2D eigenvalue weighted by atomic mass is 32.2. The van der Waals surface area contributed by atoms with Gasteiger partial charge in [-0.3, -0.25) is 14.7 Å². The molecule has 31 heavy (non-hydrogen) atoms. The molecule has 2 aliphatic heterocycles. The quantitative estimate of drug-likeness (QED) is 0.711. The SMILES string of the molecule is Cc1ccc(C(=O)N2CCN(Cc3ccncc3)CC2)cc1S(=O)(=O)N1CCCCC1. The van der Waals surface area contributed by atoms with Crippen LogP contribution in [0.5, 0.6) is 0 Å². The van der Waals surface area contributed by atoms with E-state index in [-0.39, 0.29) is 10.8 Å². The van der Waals surface area contributed by atoms with Crippen LogP contribution >= 0.6 is 0 Å². The van der Waals surface area contributed by atoms with Crippen LogP contribution in [0, 0.1) is 6.92 Å². The van der Waals surface area contributed by atoms with Gasteiger partial charge in [0.2, 0.25) is 10.0 Å². The van der Waals surface area contributed by atoms with Crippen molar-refractivity contribution < 1.29 is 13.2 Å². The number of aromatic nitrogens is 1. The summed E-state index contributed by atoms with van der Waals surface area (Å²) in [6.45, 7) is 6.59. The van der Waals surface area contributed by atoms with Crippen LogP contribution in [0.1, 0.15) is 40.7 Å². The second kappa shape index (κ2) is 9.46. The molecule has 3 heterocycles. The van der Waals surface area contributed by atoms with E-state index in [1.807, 2.05) is 17.0 Å². The molecule has 2 saturated heterocycles. The molecule has 2 fully saturated rings. The Hall–Kier alpha value is -2.29. The normalized spacial score (nSPS) is 18.8. The monoisotopic (exact) mass is 442 g/mol. The summed E-state index contributed by atoms with van der Waals surface area (Å²) >= 11 is 0. The van der Waals surface area contributed by atoms with E-state index in [1.165, 1.54) is 5.56 Å². The lowest BCUT2D eigenvalue weighted by atomic mass is 10.1. The Kier molecular flexibility index (Phi) is 6.69. The molecule has 2 aliphatic rings. The number of benzene rings is 1. The molecule has 8 heteroatoms. The van der Waals surface area contributed by atoms with Crippen molar-refractivity contribution in [2.75, 3.05) is 39.3 Å². The van der Waals surface area contributed by atoms with Gasteiger partial charge >= 0.3 is 0 Å². The second-order valence-corrected chi connectivity index (χ2v) is 10.3. The van der Waals surface area contributed by atoms with Gasteiger partial charge in [0.15, 0.2) is 0 Å². The van der Waals surface area contributed by atoms with Crippen molar-refractivity contribution in [3.8, 4) is 0 Å². The summed E-state index contributed by atoms with van der Waals surface area (Å²) in [5.41, 5.74) is 2.34. The highest BCUT2D eigenvalue weighted by molar-refractivity contribution is 7.89. The van der Waals surface area contributed by atoms with E-state index in [0.717, 1.165) is 38.9 Å². The largest absolute Gasteiger partial charge is 0.336 e. The maximum Gasteiger partial charge on any atom is 0.253 e. The molecule has 0 N–H and O–H groups in total. The average Bonchev–Trinajstić information content (AvgIpc) is 2.80. The third kappa shape index (κ3) is 4.97. The van der Waals surface area contributed by atoms with Crippen LogP contribution in [0.2, 0.25) is 0 Å². The number of amides is 1. The zero-order valence-corrected chi connectivity index (χ0v) is 18.9. The molecule has 0 saturated carbocycles. The average molecular weight is 443 g/mol. The van der Waals surface area contributed by atoms with Crippen molar-refractivity contribution in [3.63, 3.8) is 0 Å². The number of sulfonamides is 1. The minimum Gasteiger partial charge on any atom is -0.336 e. The van der Waals surface area contributed by atoms with Crippen LogP contribution in [-0.2, 0) is 16.6 Å². The van der Waals surface area contributed by atoms with Crippen LogP contribution in [0.3, 0.4) is 0 Å². The molecule has 1 aromatic carbocycles. The van der Waals surface area contributed by atoms with E-state index >= 15 is 0 Å². The number of hydrogen-bond donors (Lipinski definition) is 0. The maximum absolute atomic E-state index is 13.2. The summed E-state index contributed by atoms with van der Waals surface area (Å²) in [7, 11) is -3.57. The van der Waals surface area contributed by atoms with Gasteiger partial charge < -0.3 is 4.90 Å². The summed E-state index contributed by atoms with van der Waals surface area (Å²) in [4.78, 5) is 21.6. The fraction of sp³-hybridized carbons (Fsp3) is 0.478. The van der Waals surface area contributed by atoms with E-state index in [4.69, 9.17) is 0 Å². The summed E-state index contributed by atoms with van der Waals surface area (Å²) in [5.74, 6) is -0.0985. The second-order valence-electron chi connectivity index (χ2n) is 8.37. The lowest BCUT2D eigenvalue weighted by Crippen LogP contribution is -2.48. The summed E-state index contributed by atoms with van der Waals surface area (Å²) < 4.78 is 27.9. The number of aryl methyl sites for hydroxylation is 1. The predicted octanol–water partition coefficient (Wildman–Crippen LogP) is 2.52. The molecule has 0 atom stereocenters. The molecule has 0 bridgehead atoms. The van der Waals surface area contributed by atoms with Gasteiger partial charge in [-0.05, 0) is 55.2 Å². The Morgan fingerprint density at radius 2 is 1.61 bits per heavy atom. The fourth-order valence-electron chi connectivity index (χ4n) is 4.29. The van der Waals surface area contributed by atoms with Gasteiger partial charge in [-0.15, -0.1) is 0 Å². The van der Waals surface area contributed by atoms with Gasteiger partial charge in [0.25, 0.3) is 5.91 Å². The number of carbonyl (C=O) groups is 1. The summed E-state index contributed by atoms with van der Waals surface area (Å²) in [6, 6.07) is 9.09. The van der Waals surface area contributed by atoms with Crippen molar-refractivity contribution in [1.29, 1.82) is 0 Å². The minimum absolute atomic E-state index is 0.0985. The van der Waals surface area contributed by atoms with Crippen LogP contribution < -0.4 is 0 Å². The fourth-order valence-corrected chi connectivity index (χ4v) is 6.06. The molecular formula is C23H30N4O3S. The molecular weight excluding hydrogens is 412 g/mol. The number of pyridine rings is 1. The first-order valence-electron chi connectivity index (χ1n) is 11.0. The van der Waals surface area contributed by atoms with Gasteiger partial charge in [-0.25, -0.2) is 8.42 Å². The van der Waals surface area contributed by atoms with Crippen LogP contribution in [0.25, 0.3) is 0 Å². The van der Waals surface area contributed by atoms with Crippen LogP contribution in [0.15, 0.2) is 47.6 Å². The Labute approximate surface area is 184 Å². The van der Waals surface area contributed by atoms with Crippen molar-refractivity contribution in [2.24, 2.45) is 0 Å². The lowest BCUT2D eigenvalue weighted by Gasteiger charge is -2.35. The van der Waals surface area contributed by atoms with Gasteiger partial charge in [0.1, 0.15) is 0 Å². The Morgan fingerprint density at radius 1 is 0.935 bits per heavy atom. The van der Waals surface area contributed by atoms with Gasteiger partial charge in [0, 0.05) is 63.8 Å². The third-order valence-electron chi connectivity index (χ3n) is 6.18. The highest BCUT2D eigenvalue weighted by Gasteiger charge is 2.29. The third-order valence-corrected chi connectivity index (χ3v) is 8.22. The zero-order chi connectivity index (χ0) is 21.8. The Bertz CT molecular complexity index is 1010. The van der Waals surface area contributed by atoms with Gasteiger partial charge in [-0.1, -0.05) is 12.5 Å². The van der Waals surface area contributed by atoms with E-state index in [1.54, 1.807) is 41.8 Å². The first-order chi connectivity index (χ1) is 14.9. The summed E-state index contributed by atoms with van der Waals surface area (Å²) in [5, 5.41) is 0. The zero-order valence-electron chi connectivity index (χ0n) is 18.0. The Balaban J connectivity index is 1.44. The van der Waals surface area contributed by atoms with Crippen molar-refractivity contribution in [2.45, 2.75) is 37.6 Å². The van der Waals surface area contributed by atoms with Crippen LogP contribution in [-0.4, -0.2) is 72.7 Å². The number of carbonyl (C=O) groups excluding carboxylic acids is 1. The number of piperidine rings is 1. The summed E-state index contributed by atoms with van der Waals surface area (Å²) in [6.07, 6.45) is 6.43. The van der Waals surface area contributed by atoms with E-state index in [0.29, 0.717) is 37.3 Å². The minimum atomic E-state index is -3.57. The number of rotatable bonds is 5. The van der Waals surface area contributed by atoms with Gasteiger partial charge in [-0.2, -0.15) is 4.31 Å². The van der Waals surface area contributed by atoms with E-state index in [9.17, 15) is 13.2 Å². The number of nitrogens with zero attached hydrogens (tertiary/aromatic N) is 4. The topological polar surface area (TPSA) is 73.8 Å². The van der Waals surface area contributed by atoms with Crippen molar-refractivity contribution in [3.05, 3.63) is 59.4 Å². The highest BCUT2D eigenvalue weighted by Crippen LogP contribution is 2.25. The molecule has 166 valence electrons. The molecule has 4 rings (SSSR count). The molecule has 0 radical (unpaired) electrons. The van der Waals surface area contributed by atoms with Crippen molar-refractivity contribution >= 4 is 15.9 Å². The molecule has 0 aliphatic carbocycles. The first-order valence-corrected chi connectivity index (χ1v) is 12.4. The predicted molar refractivity (Wildman–Crippen MR) is 119 cm³/mol. The van der Waals surface area contributed by atoms with Crippen LogP contribution in [0.4, 0.5) is 0 Å². The molecule has 1 aromatic heterocycles. The maximum atomic E-state index is 13.2. The van der Waals surface area contributed by atoms with E-state index in [2.05, 4.69) is 9.88 Å². The smallest absolute Gasteiger partial charge is 0.253 e. The van der Waals surface area contributed by atoms with E-state index < -0.39 is 10.0 Å². The molecule has 0 spiro atoms. The first kappa shape index (κ1) is 21.9.